The van der Waals surface area contributed by atoms with E-state index in [1.807, 2.05) is 18.5 Å². The third-order valence-electron chi connectivity index (χ3n) is 5.16. The third kappa shape index (κ3) is 5.47. The molecule has 0 atom stereocenters. The van der Waals surface area contributed by atoms with E-state index in [1.165, 1.54) is 12.1 Å². The van der Waals surface area contributed by atoms with E-state index < -0.39 is 5.82 Å². The van der Waals surface area contributed by atoms with Gasteiger partial charge in [-0.15, -0.1) is 0 Å². The molecule has 0 bridgehead atoms. The Balaban J connectivity index is 1.52. The minimum Gasteiger partial charge on any atom is -0.426 e. The van der Waals surface area contributed by atoms with Crippen LogP contribution in [-0.4, -0.2) is 15.9 Å². The molecule has 5 nitrogen and oxygen atoms in total. The van der Waals surface area contributed by atoms with Gasteiger partial charge in [-0.3, -0.25) is 4.79 Å². The summed E-state index contributed by atoms with van der Waals surface area (Å²) < 4.78 is 19.0. The summed E-state index contributed by atoms with van der Waals surface area (Å²) in [7, 11) is 0. The maximum atomic E-state index is 13.7. The number of hydrogen-bond donors (Lipinski definition) is 0. The molecule has 150 valence electrons. The molecule has 0 saturated heterocycles. The van der Waals surface area contributed by atoms with Gasteiger partial charge in [-0.2, -0.15) is 5.26 Å². The molecule has 6 heteroatoms. The van der Waals surface area contributed by atoms with Crippen molar-refractivity contribution in [3.05, 3.63) is 59.4 Å². The molecule has 1 aromatic carbocycles. The van der Waals surface area contributed by atoms with Crippen molar-refractivity contribution in [2.45, 2.75) is 51.4 Å². The molecule has 1 aliphatic carbocycles. The quantitative estimate of drug-likeness (QED) is 0.499. The lowest BCUT2D eigenvalue weighted by Gasteiger charge is -2.26. The van der Waals surface area contributed by atoms with Crippen molar-refractivity contribution in [2.75, 3.05) is 0 Å². The average molecular weight is 393 g/mol. The predicted molar refractivity (Wildman–Crippen MR) is 107 cm³/mol. The molecular formula is C23H24FN3O2. The van der Waals surface area contributed by atoms with Gasteiger partial charge in [0.25, 0.3) is 0 Å². The summed E-state index contributed by atoms with van der Waals surface area (Å²) in [5, 5.41) is 8.77. The van der Waals surface area contributed by atoms with E-state index >= 15 is 0 Å². The molecule has 1 fully saturated rings. The summed E-state index contributed by atoms with van der Waals surface area (Å²) in [6.45, 7) is 2.14. The Bertz CT molecular complexity index is 911. The molecule has 0 amide bonds. The number of carbonyl (C=O) groups excluding carboxylic acids is 1. The van der Waals surface area contributed by atoms with Crippen molar-refractivity contribution < 1.29 is 13.9 Å². The third-order valence-corrected chi connectivity index (χ3v) is 5.16. The van der Waals surface area contributed by atoms with Gasteiger partial charge in [0.15, 0.2) is 0 Å². The Labute approximate surface area is 170 Å². The van der Waals surface area contributed by atoms with Gasteiger partial charge in [-0.1, -0.05) is 25.5 Å². The van der Waals surface area contributed by atoms with Crippen molar-refractivity contribution in [3.63, 3.8) is 0 Å². The van der Waals surface area contributed by atoms with Crippen LogP contribution in [-0.2, 0) is 4.79 Å². The van der Waals surface area contributed by atoms with Crippen LogP contribution >= 0.6 is 0 Å². The van der Waals surface area contributed by atoms with Crippen LogP contribution < -0.4 is 4.74 Å². The molecule has 3 rings (SSSR count). The van der Waals surface area contributed by atoms with Crippen LogP contribution in [0.4, 0.5) is 4.39 Å². The average Bonchev–Trinajstić information content (AvgIpc) is 2.75. The van der Waals surface area contributed by atoms with Gasteiger partial charge in [0.2, 0.25) is 0 Å². The van der Waals surface area contributed by atoms with E-state index in [0.717, 1.165) is 43.1 Å². The lowest BCUT2D eigenvalue weighted by atomic mass is 9.81. The zero-order valence-corrected chi connectivity index (χ0v) is 16.5. The van der Waals surface area contributed by atoms with Crippen molar-refractivity contribution in [1.82, 2.24) is 9.97 Å². The first-order valence-corrected chi connectivity index (χ1v) is 10.0. The second-order valence-corrected chi connectivity index (χ2v) is 7.29. The zero-order valence-electron chi connectivity index (χ0n) is 16.5. The summed E-state index contributed by atoms with van der Waals surface area (Å²) >= 11 is 0. The van der Waals surface area contributed by atoms with Gasteiger partial charge in [0.1, 0.15) is 23.5 Å². The Morgan fingerprint density at radius 2 is 2.00 bits per heavy atom. The number of unbranched alkanes of at least 4 members (excludes halogenated alkanes) is 1. The van der Waals surface area contributed by atoms with Crippen molar-refractivity contribution in [3.8, 4) is 11.8 Å². The smallest absolute Gasteiger partial charge is 0.314 e. The largest absolute Gasteiger partial charge is 0.426 e. The van der Waals surface area contributed by atoms with Crippen LogP contribution in [0.25, 0.3) is 6.08 Å². The summed E-state index contributed by atoms with van der Waals surface area (Å²) in [4.78, 5) is 21.4. The van der Waals surface area contributed by atoms with Crippen LogP contribution in [0, 0.1) is 23.1 Å². The van der Waals surface area contributed by atoms with E-state index in [2.05, 4.69) is 23.0 Å². The highest BCUT2D eigenvalue weighted by Gasteiger charge is 2.29. The van der Waals surface area contributed by atoms with Gasteiger partial charge in [0, 0.05) is 29.9 Å². The molecule has 0 radical (unpaired) electrons. The molecular weight excluding hydrogens is 369 g/mol. The van der Waals surface area contributed by atoms with Gasteiger partial charge in [0.05, 0.1) is 11.5 Å². The molecule has 0 unspecified atom stereocenters. The van der Waals surface area contributed by atoms with E-state index in [4.69, 9.17) is 10.00 Å². The number of rotatable bonds is 6. The van der Waals surface area contributed by atoms with Crippen LogP contribution in [0.15, 0.2) is 36.7 Å². The number of esters is 1. The first-order chi connectivity index (χ1) is 14.1. The van der Waals surface area contributed by atoms with Gasteiger partial charge >= 0.3 is 5.97 Å². The number of benzene rings is 1. The van der Waals surface area contributed by atoms with E-state index in [-0.39, 0.29) is 29.1 Å². The molecule has 0 aliphatic heterocycles. The normalized spacial score (nSPS) is 19.1. The molecule has 2 aromatic rings. The number of ether oxygens (including phenoxy) is 1. The summed E-state index contributed by atoms with van der Waals surface area (Å²) in [6.07, 6.45) is 13.0. The fraction of sp³-hybridized carbons (Fsp3) is 0.391. The number of carbonyl (C=O) groups is 1. The number of hydrogen-bond acceptors (Lipinski definition) is 5. The van der Waals surface area contributed by atoms with Gasteiger partial charge in [-0.05, 0) is 44.2 Å². The van der Waals surface area contributed by atoms with Crippen molar-refractivity contribution in [2.24, 2.45) is 5.92 Å². The number of halogens is 1. The van der Waals surface area contributed by atoms with Crippen LogP contribution in [0.3, 0.4) is 0 Å². The van der Waals surface area contributed by atoms with Crippen molar-refractivity contribution >= 4 is 12.0 Å². The number of nitrogens with zero attached hydrogens (tertiary/aromatic N) is 3. The molecule has 1 aromatic heterocycles. The van der Waals surface area contributed by atoms with Gasteiger partial charge < -0.3 is 4.74 Å². The van der Waals surface area contributed by atoms with E-state index in [9.17, 15) is 9.18 Å². The minimum absolute atomic E-state index is 0.0721. The lowest BCUT2D eigenvalue weighted by Crippen LogP contribution is -2.25. The number of allylic oxidation sites excluding steroid dienone is 1. The van der Waals surface area contributed by atoms with Crippen LogP contribution in [0.1, 0.15) is 68.3 Å². The van der Waals surface area contributed by atoms with E-state index in [0.29, 0.717) is 12.8 Å². The monoisotopic (exact) mass is 393 g/mol. The SMILES string of the molecule is CCC/C=C/c1cnc([C@H]2CC[C@H](C(=O)Oc3ccc(C#N)c(F)c3)CC2)nc1. The molecule has 0 N–H and O–H groups in total. The van der Waals surface area contributed by atoms with Crippen LogP contribution in [0.5, 0.6) is 5.75 Å². The second kappa shape index (κ2) is 9.92. The first kappa shape index (κ1) is 20.7. The first-order valence-electron chi connectivity index (χ1n) is 10.0. The Hall–Kier alpha value is -3.07. The lowest BCUT2D eigenvalue weighted by molar-refractivity contribution is -0.140. The summed E-state index contributed by atoms with van der Waals surface area (Å²) in [5.74, 6) is -0.0832. The summed E-state index contributed by atoms with van der Waals surface area (Å²) in [5.41, 5.74) is 0.922. The minimum atomic E-state index is -0.688. The highest BCUT2D eigenvalue weighted by atomic mass is 19.1. The maximum absolute atomic E-state index is 13.7. The number of nitriles is 1. The molecule has 1 aliphatic rings. The second-order valence-electron chi connectivity index (χ2n) is 7.29. The summed E-state index contributed by atoms with van der Waals surface area (Å²) in [6, 6.07) is 5.57. The Morgan fingerprint density at radius 3 is 2.62 bits per heavy atom. The highest BCUT2D eigenvalue weighted by molar-refractivity contribution is 5.75. The Kier molecular flexibility index (Phi) is 7.07. The van der Waals surface area contributed by atoms with Crippen molar-refractivity contribution in [1.29, 1.82) is 5.26 Å². The molecule has 0 spiro atoms. The number of aromatic nitrogens is 2. The van der Waals surface area contributed by atoms with E-state index in [1.54, 1.807) is 6.07 Å². The Morgan fingerprint density at radius 1 is 1.28 bits per heavy atom. The fourth-order valence-electron chi connectivity index (χ4n) is 3.47. The predicted octanol–water partition coefficient (Wildman–Crippen LogP) is 5.18. The van der Waals surface area contributed by atoms with Gasteiger partial charge in [-0.25, -0.2) is 14.4 Å². The topological polar surface area (TPSA) is 75.9 Å². The molecule has 1 heterocycles. The standard InChI is InChI=1S/C23H24FN3O2/c1-2-3-4-5-16-14-26-22(27-15-16)17-6-8-18(9-7-17)23(28)29-20-11-10-19(13-25)21(24)12-20/h4-5,10-12,14-15,17-18H,2-3,6-9H2,1H3/b5-4+/t17-,18-. The fourth-order valence-corrected chi connectivity index (χ4v) is 3.47. The molecule has 29 heavy (non-hydrogen) atoms. The zero-order chi connectivity index (χ0) is 20.6. The highest BCUT2D eigenvalue weighted by Crippen LogP contribution is 2.35. The molecule has 1 saturated carbocycles. The maximum Gasteiger partial charge on any atom is 0.314 e. The van der Waals surface area contributed by atoms with Crippen LogP contribution in [0.2, 0.25) is 0 Å².